The van der Waals surface area contributed by atoms with E-state index in [-0.39, 0.29) is 0 Å². The van der Waals surface area contributed by atoms with Gasteiger partial charge >= 0.3 is 0 Å². The standard InChI is InChI=1S/C10H14Cl2N2O/c11-8-2-1-3-9(10(8)12)14-6-7(15)4-5-13/h1-3,7,14-15H,4-6,13H2. The van der Waals surface area contributed by atoms with Crippen LogP contribution in [0.1, 0.15) is 6.42 Å². The average Bonchev–Trinajstić information content (AvgIpc) is 2.21. The smallest absolute Gasteiger partial charge is 0.0823 e. The number of nitrogens with two attached hydrogens (primary N) is 1. The van der Waals surface area contributed by atoms with Crippen molar-refractivity contribution in [3.8, 4) is 0 Å². The lowest BCUT2D eigenvalue weighted by Gasteiger charge is -2.13. The number of anilines is 1. The molecule has 5 heteroatoms. The Hall–Kier alpha value is -0.480. The Kier molecular flexibility index (Phi) is 5.19. The molecular weight excluding hydrogens is 235 g/mol. The Bertz CT molecular complexity index is 320. The van der Waals surface area contributed by atoms with Crippen molar-refractivity contribution in [2.45, 2.75) is 12.5 Å². The second kappa shape index (κ2) is 6.18. The van der Waals surface area contributed by atoms with Gasteiger partial charge in [-0.25, -0.2) is 0 Å². The molecule has 0 amide bonds. The summed E-state index contributed by atoms with van der Waals surface area (Å²) in [6, 6.07) is 5.32. The summed E-state index contributed by atoms with van der Waals surface area (Å²) in [7, 11) is 0. The lowest BCUT2D eigenvalue weighted by Crippen LogP contribution is -2.22. The van der Waals surface area contributed by atoms with Gasteiger partial charge in [-0.3, -0.25) is 0 Å². The topological polar surface area (TPSA) is 58.3 Å². The lowest BCUT2D eigenvalue weighted by molar-refractivity contribution is 0.180. The van der Waals surface area contributed by atoms with Crippen molar-refractivity contribution in [2.75, 3.05) is 18.4 Å². The van der Waals surface area contributed by atoms with Crippen LogP contribution < -0.4 is 11.1 Å². The second-order valence-corrected chi connectivity index (χ2v) is 4.00. The molecule has 0 fully saturated rings. The molecule has 15 heavy (non-hydrogen) atoms. The Morgan fingerprint density at radius 3 is 2.80 bits per heavy atom. The molecule has 0 saturated carbocycles. The van der Waals surface area contributed by atoms with E-state index in [0.717, 1.165) is 5.69 Å². The predicted octanol–water partition coefficient (Wildman–Crippen LogP) is 2.11. The van der Waals surface area contributed by atoms with Crippen LogP contribution >= 0.6 is 23.2 Å². The maximum absolute atomic E-state index is 9.45. The second-order valence-electron chi connectivity index (χ2n) is 3.21. The molecule has 1 aromatic carbocycles. The van der Waals surface area contributed by atoms with Gasteiger partial charge in [0.15, 0.2) is 0 Å². The molecular formula is C10H14Cl2N2O. The third-order valence-electron chi connectivity index (χ3n) is 1.98. The molecule has 4 N–H and O–H groups in total. The van der Waals surface area contributed by atoms with Crippen molar-refractivity contribution in [1.29, 1.82) is 0 Å². The van der Waals surface area contributed by atoms with Crippen LogP contribution in [0, 0.1) is 0 Å². The average molecular weight is 249 g/mol. The molecule has 0 aliphatic rings. The molecule has 0 aromatic heterocycles. The minimum Gasteiger partial charge on any atom is -0.391 e. The molecule has 1 unspecified atom stereocenters. The van der Waals surface area contributed by atoms with Crippen LogP contribution in [0.25, 0.3) is 0 Å². The van der Waals surface area contributed by atoms with Crippen LogP contribution in [-0.2, 0) is 0 Å². The molecule has 0 saturated heterocycles. The molecule has 0 aliphatic carbocycles. The number of aliphatic hydroxyl groups is 1. The highest BCUT2D eigenvalue weighted by molar-refractivity contribution is 6.43. The zero-order valence-electron chi connectivity index (χ0n) is 8.21. The van der Waals surface area contributed by atoms with Gasteiger partial charge < -0.3 is 16.2 Å². The van der Waals surface area contributed by atoms with Gasteiger partial charge in [0.05, 0.1) is 21.8 Å². The van der Waals surface area contributed by atoms with Crippen LogP contribution in [0.15, 0.2) is 18.2 Å². The summed E-state index contributed by atoms with van der Waals surface area (Å²) in [6.45, 7) is 0.878. The van der Waals surface area contributed by atoms with Crippen molar-refractivity contribution in [2.24, 2.45) is 5.73 Å². The van der Waals surface area contributed by atoms with E-state index in [2.05, 4.69) is 5.32 Å². The van der Waals surface area contributed by atoms with Crippen molar-refractivity contribution in [3.05, 3.63) is 28.2 Å². The summed E-state index contributed by atoms with van der Waals surface area (Å²) >= 11 is 11.8. The summed E-state index contributed by atoms with van der Waals surface area (Å²) in [5, 5.41) is 13.4. The first kappa shape index (κ1) is 12.6. The molecule has 0 spiro atoms. The van der Waals surface area contributed by atoms with E-state index < -0.39 is 6.10 Å². The highest BCUT2D eigenvalue weighted by Gasteiger charge is 2.06. The first-order valence-electron chi connectivity index (χ1n) is 4.71. The predicted molar refractivity (Wildman–Crippen MR) is 64.6 cm³/mol. The fourth-order valence-corrected chi connectivity index (χ4v) is 1.53. The van der Waals surface area contributed by atoms with Gasteiger partial charge in [0.2, 0.25) is 0 Å². The molecule has 84 valence electrons. The van der Waals surface area contributed by atoms with Crippen LogP contribution in [0.3, 0.4) is 0 Å². The van der Waals surface area contributed by atoms with Crippen molar-refractivity contribution >= 4 is 28.9 Å². The van der Waals surface area contributed by atoms with Gasteiger partial charge in [0, 0.05) is 6.54 Å². The minimum absolute atomic E-state index is 0.414. The molecule has 0 heterocycles. The zero-order chi connectivity index (χ0) is 11.3. The van der Waals surface area contributed by atoms with E-state index in [9.17, 15) is 5.11 Å². The largest absolute Gasteiger partial charge is 0.391 e. The molecule has 0 radical (unpaired) electrons. The number of aliphatic hydroxyl groups excluding tert-OH is 1. The number of rotatable bonds is 5. The van der Waals surface area contributed by atoms with E-state index in [0.29, 0.717) is 29.6 Å². The van der Waals surface area contributed by atoms with Crippen molar-refractivity contribution < 1.29 is 5.11 Å². The highest BCUT2D eigenvalue weighted by Crippen LogP contribution is 2.29. The normalized spacial score (nSPS) is 12.5. The van der Waals surface area contributed by atoms with Gasteiger partial charge in [-0.15, -0.1) is 0 Å². The molecule has 1 aromatic rings. The summed E-state index contributed by atoms with van der Waals surface area (Å²) in [4.78, 5) is 0. The molecule has 0 aliphatic heterocycles. The van der Waals surface area contributed by atoms with E-state index in [1.165, 1.54) is 0 Å². The van der Waals surface area contributed by atoms with E-state index in [1.807, 2.05) is 6.07 Å². The Labute approximate surface area is 99.2 Å². The number of hydrogen-bond donors (Lipinski definition) is 3. The van der Waals surface area contributed by atoms with Gasteiger partial charge in [0.1, 0.15) is 0 Å². The van der Waals surface area contributed by atoms with Gasteiger partial charge in [-0.05, 0) is 25.1 Å². The number of nitrogens with one attached hydrogen (secondary N) is 1. The van der Waals surface area contributed by atoms with Gasteiger partial charge in [0.25, 0.3) is 0 Å². The highest BCUT2D eigenvalue weighted by atomic mass is 35.5. The lowest BCUT2D eigenvalue weighted by atomic mass is 10.2. The minimum atomic E-state index is -0.468. The molecule has 3 nitrogen and oxygen atoms in total. The maximum atomic E-state index is 9.45. The summed E-state index contributed by atoms with van der Waals surface area (Å²) in [6.07, 6.45) is 0.0932. The maximum Gasteiger partial charge on any atom is 0.0823 e. The third-order valence-corrected chi connectivity index (χ3v) is 2.80. The number of halogens is 2. The molecule has 1 atom stereocenters. The van der Waals surface area contributed by atoms with Crippen LogP contribution in [0.5, 0.6) is 0 Å². The first-order chi connectivity index (χ1) is 7.15. The quantitative estimate of drug-likeness (QED) is 0.749. The number of benzene rings is 1. The van der Waals surface area contributed by atoms with E-state index >= 15 is 0 Å². The number of hydrogen-bond acceptors (Lipinski definition) is 3. The fourth-order valence-electron chi connectivity index (χ4n) is 1.16. The van der Waals surface area contributed by atoms with Crippen molar-refractivity contribution in [3.63, 3.8) is 0 Å². The van der Waals surface area contributed by atoms with Crippen LogP contribution in [0.4, 0.5) is 5.69 Å². The van der Waals surface area contributed by atoms with Crippen molar-refractivity contribution in [1.82, 2.24) is 0 Å². The fraction of sp³-hybridized carbons (Fsp3) is 0.400. The SMILES string of the molecule is NCCC(O)CNc1cccc(Cl)c1Cl. The zero-order valence-corrected chi connectivity index (χ0v) is 9.72. The Balaban J connectivity index is 2.54. The summed E-state index contributed by atoms with van der Waals surface area (Å²) in [5.74, 6) is 0. The molecule has 1 rings (SSSR count). The summed E-state index contributed by atoms with van der Waals surface area (Å²) in [5.41, 5.74) is 6.04. The third kappa shape index (κ3) is 3.87. The summed E-state index contributed by atoms with van der Waals surface area (Å²) < 4.78 is 0. The Morgan fingerprint density at radius 2 is 2.13 bits per heavy atom. The van der Waals surface area contributed by atoms with Crippen LogP contribution in [-0.4, -0.2) is 24.3 Å². The van der Waals surface area contributed by atoms with E-state index in [1.54, 1.807) is 12.1 Å². The first-order valence-corrected chi connectivity index (χ1v) is 5.46. The van der Waals surface area contributed by atoms with Gasteiger partial charge in [-0.2, -0.15) is 0 Å². The monoisotopic (exact) mass is 248 g/mol. The van der Waals surface area contributed by atoms with Crippen LogP contribution in [0.2, 0.25) is 10.0 Å². The van der Waals surface area contributed by atoms with Gasteiger partial charge in [-0.1, -0.05) is 29.3 Å². The molecule has 0 bridgehead atoms. The Morgan fingerprint density at radius 1 is 1.40 bits per heavy atom. The van der Waals surface area contributed by atoms with E-state index in [4.69, 9.17) is 28.9 Å².